The molecule has 0 fully saturated rings. The molecule has 0 bridgehead atoms. The Hall–Kier alpha value is -3.98. The summed E-state index contributed by atoms with van der Waals surface area (Å²) < 4.78 is 99.8. The lowest BCUT2D eigenvalue weighted by molar-refractivity contribution is -0.274. The number of nitrogens with two attached hydrogens (primary N) is 2. The Bertz CT molecular complexity index is 1220. The van der Waals surface area contributed by atoms with Gasteiger partial charge in [-0.3, -0.25) is 15.0 Å². The normalized spacial score (nSPS) is 14.0. The molecule has 192 valence electrons. The molecule has 0 spiro atoms. The maximum atomic E-state index is 15.6. The number of halogens is 7. The van der Waals surface area contributed by atoms with E-state index in [2.05, 4.69) is 19.8 Å². The molecule has 3 rings (SSSR count). The molecule has 2 aromatic carbocycles. The van der Waals surface area contributed by atoms with Gasteiger partial charge < -0.3 is 15.7 Å². The van der Waals surface area contributed by atoms with Crippen molar-refractivity contribution in [2.24, 2.45) is 16.8 Å². The minimum atomic E-state index is -4.90. The van der Waals surface area contributed by atoms with E-state index in [0.717, 1.165) is 18.3 Å². The van der Waals surface area contributed by atoms with Crippen LogP contribution in [0, 0.1) is 11.6 Å². The van der Waals surface area contributed by atoms with Crippen LogP contribution in [0.3, 0.4) is 0 Å². The second-order valence-corrected chi connectivity index (χ2v) is 7.35. The first-order valence-corrected chi connectivity index (χ1v) is 9.76. The third-order valence-corrected chi connectivity index (χ3v) is 4.88. The minimum Gasteiger partial charge on any atom is -0.406 e. The monoisotopic (exact) mass is 518 g/mol. The molecular weight excluding hydrogens is 501 g/mol. The van der Waals surface area contributed by atoms with Gasteiger partial charge in [0.1, 0.15) is 29.4 Å². The summed E-state index contributed by atoms with van der Waals surface area (Å²) in [6.45, 7) is -1.16. The average molecular weight is 518 g/mol. The smallest absolute Gasteiger partial charge is 0.406 e. The lowest BCUT2D eigenvalue weighted by atomic mass is 9.84. The fourth-order valence-electron chi connectivity index (χ4n) is 3.25. The van der Waals surface area contributed by atoms with Gasteiger partial charge in [0.05, 0.1) is 24.6 Å². The van der Waals surface area contributed by atoms with E-state index in [0.29, 0.717) is 35.7 Å². The third-order valence-electron chi connectivity index (χ3n) is 4.88. The SMILES string of the molecule is N/N=C\N(N)CC(O)(c1ccc(F)cc1F)C(F)(F)c1cnc(-c2ccc(OC(F)(F)F)cc2)cn1. The van der Waals surface area contributed by atoms with Gasteiger partial charge in [-0.15, -0.1) is 13.2 Å². The molecule has 0 saturated heterocycles. The predicted octanol–water partition coefficient (Wildman–Crippen LogP) is 3.38. The average Bonchev–Trinajstić information content (AvgIpc) is 2.78. The van der Waals surface area contributed by atoms with E-state index >= 15 is 8.78 Å². The van der Waals surface area contributed by atoms with Crippen LogP contribution in [0.2, 0.25) is 0 Å². The predicted molar refractivity (Wildman–Crippen MR) is 112 cm³/mol. The van der Waals surface area contributed by atoms with Crippen molar-refractivity contribution >= 4 is 6.34 Å². The highest BCUT2D eigenvalue weighted by atomic mass is 19.4. The van der Waals surface area contributed by atoms with Gasteiger partial charge >= 0.3 is 12.3 Å². The molecule has 0 amide bonds. The Morgan fingerprint density at radius 1 is 1.00 bits per heavy atom. The minimum absolute atomic E-state index is 0.0136. The number of alkyl halides is 5. The summed E-state index contributed by atoms with van der Waals surface area (Å²) in [4.78, 5) is 7.42. The highest BCUT2D eigenvalue weighted by Gasteiger charge is 2.58. The van der Waals surface area contributed by atoms with Crippen molar-refractivity contribution in [3.8, 4) is 17.0 Å². The maximum Gasteiger partial charge on any atom is 0.573 e. The maximum absolute atomic E-state index is 15.6. The fraction of sp³-hybridized carbons (Fsp3) is 0.190. The van der Waals surface area contributed by atoms with E-state index in [1.807, 2.05) is 0 Å². The highest BCUT2D eigenvalue weighted by molar-refractivity contribution is 5.59. The Labute approximate surface area is 198 Å². The zero-order valence-corrected chi connectivity index (χ0v) is 17.9. The van der Waals surface area contributed by atoms with Crippen LogP contribution < -0.4 is 16.4 Å². The molecule has 1 heterocycles. The summed E-state index contributed by atoms with van der Waals surface area (Å²) >= 11 is 0. The zero-order valence-electron chi connectivity index (χ0n) is 17.9. The summed E-state index contributed by atoms with van der Waals surface area (Å²) in [5, 5.41) is 14.5. The second kappa shape index (κ2) is 9.94. The van der Waals surface area contributed by atoms with E-state index in [-0.39, 0.29) is 11.3 Å². The summed E-state index contributed by atoms with van der Waals surface area (Å²) in [5.74, 6) is 3.01. The summed E-state index contributed by atoms with van der Waals surface area (Å²) in [6.07, 6.45) is -2.76. The Morgan fingerprint density at radius 3 is 2.19 bits per heavy atom. The van der Waals surface area contributed by atoms with Crippen molar-refractivity contribution in [2.75, 3.05) is 6.54 Å². The van der Waals surface area contributed by atoms with E-state index in [1.165, 1.54) is 12.1 Å². The van der Waals surface area contributed by atoms with Gasteiger partial charge in [0.2, 0.25) is 0 Å². The molecule has 8 nitrogen and oxygen atoms in total. The van der Waals surface area contributed by atoms with E-state index in [4.69, 9.17) is 11.7 Å². The van der Waals surface area contributed by atoms with E-state index in [1.54, 1.807) is 0 Å². The molecule has 36 heavy (non-hydrogen) atoms. The highest BCUT2D eigenvalue weighted by Crippen LogP contribution is 2.46. The van der Waals surface area contributed by atoms with Crippen molar-refractivity contribution in [1.29, 1.82) is 0 Å². The van der Waals surface area contributed by atoms with Gasteiger partial charge in [-0.2, -0.15) is 13.9 Å². The first kappa shape index (κ1) is 26.6. The molecule has 0 saturated carbocycles. The summed E-state index contributed by atoms with van der Waals surface area (Å²) in [5.41, 5.74) is -5.33. The number of aliphatic hydroxyl groups is 1. The van der Waals surface area contributed by atoms with Crippen molar-refractivity contribution in [3.63, 3.8) is 0 Å². The zero-order chi connectivity index (χ0) is 26.7. The van der Waals surface area contributed by atoms with Gasteiger partial charge in [-0.05, 0) is 36.4 Å². The summed E-state index contributed by atoms with van der Waals surface area (Å²) in [6, 6.07) is 5.93. The number of rotatable bonds is 8. The Kier molecular flexibility index (Phi) is 7.35. The van der Waals surface area contributed by atoms with Crippen molar-refractivity contribution in [2.45, 2.75) is 17.9 Å². The molecule has 0 radical (unpaired) electrons. The third kappa shape index (κ3) is 5.63. The number of nitrogens with zero attached hydrogens (tertiary/aromatic N) is 4. The lowest BCUT2D eigenvalue weighted by Gasteiger charge is -2.37. The summed E-state index contributed by atoms with van der Waals surface area (Å²) in [7, 11) is 0. The number of hydrazine groups is 1. The number of benzene rings is 2. The molecule has 15 heteroatoms. The lowest BCUT2D eigenvalue weighted by Crippen LogP contribution is -2.54. The van der Waals surface area contributed by atoms with Gasteiger partial charge in [0, 0.05) is 17.2 Å². The van der Waals surface area contributed by atoms with E-state index in [9.17, 15) is 27.1 Å². The molecule has 1 unspecified atom stereocenters. The standard InChI is InChI=1S/C21H17F7N6O2/c22-13-3-6-15(16(23)7-13)19(35,10-34(30)11-33-29)20(24,25)18-9-31-17(8-32-18)12-1-4-14(5-2-12)36-21(26,27)28/h1-9,11,35H,10,29-30H2/b33-11-. The first-order chi connectivity index (χ1) is 16.8. The molecule has 0 aliphatic heterocycles. The topological polar surface area (TPSA) is 123 Å². The van der Waals surface area contributed by atoms with Gasteiger partial charge in [-0.1, -0.05) is 0 Å². The van der Waals surface area contributed by atoms with Crippen LogP contribution in [0.4, 0.5) is 30.7 Å². The van der Waals surface area contributed by atoms with Crippen molar-refractivity contribution in [3.05, 3.63) is 77.8 Å². The molecule has 5 N–H and O–H groups in total. The van der Waals surface area contributed by atoms with Crippen LogP contribution >= 0.6 is 0 Å². The number of aromatic nitrogens is 2. The Morgan fingerprint density at radius 2 is 1.67 bits per heavy atom. The van der Waals surface area contributed by atoms with Crippen molar-refractivity contribution in [1.82, 2.24) is 15.0 Å². The molecule has 0 aliphatic rings. The molecule has 1 aromatic heterocycles. The number of hydrogen-bond acceptors (Lipinski definition) is 7. The number of hydrogen-bond donors (Lipinski definition) is 3. The number of ether oxygens (including phenoxy) is 1. The van der Waals surface area contributed by atoms with Gasteiger partial charge in [0.15, 0.2) is 5.60 Å². The van der Waals surface area contributed by atoms with Crippen LogP contribution in [0.1, 0.15) is 11.3 Å². The van der Waals surface area contributed by atoms with E-state index < -0.39 is 53.1 Å². The largest absolute Gasteiger partial charge is 0.573 e. The van der Waals surface area contributed by atoms with Crippen molar-refractivity contribution < 1.29 is 40.6 Å². The quantitative estimate of drug-likeness (QED) is 0.137. The van der Waals surface area contributed by atoms with Crippen LogP contribution in [0.15, 0.2) is 60.0 Å². The van der Waals surface area contributed by atoms with Crippen LogP contribution in [-0.2, 0) is 11.5 Å². The number of hydrazone groups is 1. The van der Waals surface area contributed by atoms with Crippen LogP contribution in [0.5, 0.6) is 5.75 Å². The van der Waals surface area contributed by atoms with Crippen LogP contribution in [0.25, 0.3) is 11.3 Å². The first-order valence-electron chi connectivity index (χ1n) is 9.76. The molecule has 0 aliphatic carbocycles. The molecular formula is C21H17F7N6O2. The Balaban J connectivity index is 1.98. The van der Waals surface area contributed by atoms with Gasteiger partial charge in [-0.25, -0.2) is 14.6 Å². The van der Waals surface area contributed by atoms with Crippen LogP contribution in [-0.4, -0.2) is 39.3 Å². The fourth-order valence-corrected chi connectivity index (χ4v) is 3.25. The molecule has 3 aromatic rings. The van der Waals surface area contributed by atoms with Gasteiger partial charge in [0.25, 0.3) is 0 Å². The second-order valence-electron chi connectivity index (χ2n) is 7.35. The molecule has 1 atom stereocenters.